The Morgan fingerprint density at radius 3 is 2.90 bits per heavy atom. The molecule has 1 unspecified atom stereocenters. The number of likely N-dealkylation sites (tertiary alicyclic amines) is 1. The van der Waals surface area contributed by atoms with Crippen molar-refractivity contribution in [2.24, 2.45) is 0 Å². The van der Waals surface area contributed by atoms with Crippen molar-refractivity contribution in [1.82, 2.24) is 9.88 Å². The van der Waals surface area contributed by atoms with Gasteiger partial charge >= 0.3 is 0 Å². The van der Waals surface area contributed by atoms with E-state index in [9.17, 15) is 9.18 Å². The first kappa shape index (κ1) is 19.2. The van der Waals surface area contributed by atoms with E-state index in [0.29, 0.717) is 36.9 Å². The number of halogens is 1. The molecule has 0 N–H and O–H groups in total. The molecular formula is C23H23FN2O3. The maximum atomic E-state index is 13.4. The maximum Gasteiger partial charge on any atom is 0.260 e. The van der Waals surface area contributed by atoms with Crippen LogP contribution in [0.5, 0.6) is 5.75 Å². The lowest BCUT2D eigenvalue weighted by Gasteiger charge is -2.31. The number of piperidine rings is 1. The van der Waals surface area contributed by atoms with Gasteiger partial charge in [0.15, 0.2) is 12.5 Å². The van der Waals surface area contributed by atoms with Crippen molar-refractivity contribution >= 4 is 5.91 Å². The Morgan fingerprint density at radius 2 is 2.07 bits per heavy atom. The molecule has 2 aromatic carbocycles. The number of rotatable bonds is 6. The molecule has 0 saturated carbocycles. The predicted molar refractivity (Wildman–Crippen MR) is 106 cm³/mol. The summed E-state index contributed by atoms with van der Waals surface area (Å²) in [4.78, 5) is 18.8. The second-order valence-corrected chi connectivity index (χ2v) is 7.25. The van der Waals surface area contributed by atoms with Gasteiger partial charge in [-0.3, -0.25) is 4.79 Å². The average molecular weight is 394 g/mol. The van der Waals surface area contributed by atoms with Crippen molar-refractivity contribution in [3.8, 4) is 5.75 Å². The van der Waals surface area contributed by atoms with Crippen LogP contribution in [-0.2, 0) is 11.2 Å². The minimum Gasteiger partial charge on any atom is -0.484 e. The van der Waals surface area contributed by atoms with Gasteiger partial charge in [-0.1, -0.05) is 30.3 Å². The maximum absolute atomic E-state index is 13.4. The number of amides is 1. The highest BCUT2D eigenvalue weighted by molar-refractivity contribution is 5.78. The summed E-state index contributed by atoms with van der Waals surface area (Å²) >= 11 is 0. The zero-order chi connectivity index (χ0) is 20.1. The summed E-state index contributed by atoms with van der Waals surface area (Å²) in [5.41, 5.74) is 0.839. The number of ether oxygens (including phenoxy) is 1. The summed E-state index contributed by atoms with van der Waals surface area (Å²) in [6, 6.07) is 15.8. The zero-order valence-electron chi connectivity index (χ0n) is 16.1. The van der Waals surface area contributed by atoms with Crippen molar-refractivity contribution < 1.29 is 18.3 Å². The Balaban J connectivity index is 1.34. The second kappa shape index (κ2) is 8.90. The highest BCUT2D eigenvalue weighted by atomic mass is 19.1. The molecule has 3 aromatic rings. The molecule has 1 aromatic heterocycles. The summed E-state index contributed by atoms with van der Waals surface area (Å²) in [5.74, 6) is 1.78. The molecule has 2 heterocycles. The minimum atomic E-state index is -0.263. The van der Waals surface area contributed by atoms with E-state index >= 15 is 0 Å². The van der Waals surface area contributed by atoms with Gasteiger partial charge in [0, 0.05) is 19.5 Å². The topological polar surface area (TPSA) is 55.6 Å². The van der Waals surface area contributed by atoms with Crippen LogP contribution in [-0.4, -0.2) is 35.5 Å². The van der Waals surface area contributed by atoms with Gasteiger partial charge in [-0.2, -0.15) is 0 Å². The highest BCUT2D eigenvalue weighted by Gasteiger charge is 2.28. The third-order valence-corrected chi connectivity index (χ3v) is 5.07. The number of benzene rings is 2. The molecule has 0 aliphatic carbocycles. The first-order valence-corrected chi connectivity index (χ1v) is 9.82. The van der Waals surface area contributed by atoms with Crippen molar-refractivity contribution in [2.75, 3.05) is 19.7 Å². The van der Waals surface area contributed by atoms with E-state index in [1.165, 1.54) is 12.1 Å². The van der Waals surface area contributed by atoms with Crippen LogP contribution >= 0.6 is 0 Å². The van der Waals surface area contributed by atoms with Gasteiger partial charge in [0.2, 0.25) is 0 Å². The monoisotopic (exact) mass is 394 g/mol. The Hall–Kier alpha value is -3.15. The molecule has 0 bridgehead atoms. The van der Waals surface area contributed by atoms with Crippen molar-refractivity contribution in [3.63, 3.8) is 0 Å². The smallest absolute Gasteiger partial charge is 0.260 e. The molecule has 1 fully saturated rings. The molecule has 5 nitrogen and oxygen atoms in total. The molecule has 6 heteroatoms. The Bertz CT molecular complexity index is 958. The van der Waals surface area contributed by atoms with Crippen LogP contribution in [0, 0.1) is 5.82 Å². The molecule has 1 atom stereocenters. The number of oxazole rings is 1. The van der Waals surface area contributed by atoms with E-state index in [1.807, 2.05) is 41.3 Å². The summed E-state index contributed by atoms with van der Waals surface area (Å²) in [5, 5.41) is 0. The van der Waals surface area contributed by atoms with Gasteiger partial charge in [0.05, 0.1) is 12.1 Å². The van der Waals surface area contributed by atoms with E-state index in [2.05, 4.69) is 4.98 Å². The van der Waals surface area contributed by atoms with E-state index in [-0.39, 0.29) is 24.2 Å². The van der Waals surface area contributed by atoms with Gasteiger partial charge in [-0.15, -0.1) is 0 Å². The number of para-hydroxylation sites is 1. The predicted octanol–water partition coefficient (Wildman–Crippen LogP) is 4.19. The van der Waals surface area contributed by atoms with E-state index < -0.39 is 0 Å². The normalized spacial score (nSPS) is 16.6. The van der Waals surface area contributed by atoms with Crippen molar-refractivity contribution in [3.05, 3.63) is 83.8 Å². The van der Waals surface area contributed by atoms with Crippen LogP contribution in [0.2, 0.25) is 0 Å². The highest BCUT2D eigenvalue weighted by Crippen LogP contribution is 2.27. The molecule has 0 spiro atoms. The summed E-state index contributed by atoms with van der Waals surface area (Å²) < 4.78 is 24.9. The van der Waals surface area contributed by atoms with Gasteiger partial charge < -0.3 is 14.1 Å². The fraction of sp³-hybridized carbons (Fsp3) is 0.304. The van der Waals surface area contributed by atoms with Crippen LogP contribution < -0.4 is 4.74 Å². The fourth-order valence-corrected chi connectivity index (χ4v) is 3.60. The lowest BCUT2D eigenvalue weighted by atomic mass is 9.98. The molecule has 1 amide bonds. The first-order chi connectivity index (χ1) is 14.2. The molecule has 0 radical (unpaired) electrons. The lowest BCUT2D eigenvalue weighted by Crippen LogP contribution is -2.41. The number of carbonyl (C=O) groups is 1. The van der Waals surface area contributed by atoms with Crippen LogP contribution in [0.25, 0.3) is 0 Å². The zero-order valence-corrected chi connectivity index (χ0v) is 16.1. The summed E-state index contributed by atoms with van der Waals surface area (Å²) in [7, 11) is 0. The van der Waals surface area contributed by atoms with Gasteiger partial charge in [-0.05, 0) is 42.7 Å². The van der Waals surface area contributed by atoms with Crippen LogP contribution in [0.3, 0.4) is 0 Å². The molecule has 1 aliphatic heterocycles. The average Bonchev–Trinajstić information content (AvgIpc) is 3.21. The van der Waals surface area contributed by atoms with Crippen LogP contribution in [0.1, 0.15) is 36.0 Å². The third kappa shape index (κ3) is 5.02. The van der Waals surface area contributed by atoms with Crippen molar-refractivity contribution in [2.45, 2.75) is 25.2 Å². The molecule has 4 rings (SSSR count). The molecule has 1 aliphatic rings. The second-order valence-electron chi connectivity index (χ2n) is 7.25. The lowest BCUT2D eigenvalue weighted by molar-refractivity contribution is -0.134. The molecule has 150 valence electrons. The summed E-state index contributed by atoms with van der Waals surface area (Å²) in [6.07, 6.45) is 4.00. The Morgan fingerprint density at radius 1 is 1.21 bits per heavy atom. The summed E-state index contributed by atoms with van der Waals surface area (Å²) in [6.45, 7) is 1.30. The van der Waals surface area contributed by atoms with Gasteiger partial charge in [0.25, 0.3) is 5.91 Å². The quantitative estimate of drug-likeness (QED) is 0.629. The number of hydrogen-bond donors (Lipinski definition) is 0. The molecule has 29 heavy (non-hydrogen) atoms. The molecular weight excluding hydrogens is 371 g/mol. The van der Waals surface area contributed by atoms with E-state index in [4.69, 9.17) is 9.15 Å². The van der Waals surface area contributed by atoms with E-state index in [1.54, 1.807) is 12.3 Å². The number of nitrogens with zero attached hydrogens (tertiary/aromatic N) is 2. The Kier molecular flexibility index (Phi) is 5.89. The number of carbonyl (C=O) groups excluding carboxylic acids is 1. The van der Waals surface area contributed by atoms with Crippen LogP contribution in [0.4, 0.5) is 4.39 Å². The van der Waals surface area contributed by atoms with Crippen molar-refractivity contribution in [1.29, 1.82) is 0 Å². The fourth-order valence-electron chi connectivity index (χ4n) is 3.60. The molecule has 1 saturated heterocycles. The standard InChI is InChI=1S/C23H23FN2O3/c24-19-8-4-6-17(12-19)13-21-14-25-23(29-21)18-7-5-11-26(15-18)22(27)16-28-20-9-2-1-3-10-20/h1-4,6,8-10,12,14,18H,5,7,11,13,15-16H2. The minimum absolute atomic E-state index is 0.0210. The van der Waals surface area contributed by atoms with Gasteiger partial charge in [0.1, 0.15) is 17.3 Å². The third-order valence-electron chi connectivity index (χ3n) is 5.07. The Labute approximate surface area is 169 Å². The number of hydrogen-bond acceptors (Lipinski definition) is 4. The van der Waals surface area contributed by atoms with E-state index in [0.717, 1.165) is 18.4 Å². The number of aromatic nitrogens is 1. The van der Waals surface area contributed by atoms with Crippen LogP contribution in [0.15, 0.2) is 65.2 Å². The first-order valence-electron chi connectivity index (χ1n) is 9.82. The largest absolute Gasteiger partial charge is 0.484 e. The van der Waals surface area contributed by atoms with Gasteiger partial charge in [-0.25, -0.2) is 9.37 Å². The SMILES string of the molecule is O=C(COc1ccccc1)N1CCCC(c2ncc(Cc3cccc(F)c3)o2)C1.